The van der Waals surface area contributed by atoms with E-state index in [1.165, 1.54) is 11.1 Å². The Balaban J connectivity index is 1.13. The minimum absolute atomic E-state index is 0.0425. The lowest BCUT2D eigenvalue weighted by Gasteiger charge is -2.32. The fourth-order valence-electron chi connectivity index (χ4n) is 4.94. The van der Waals surface area contributed by atoms with Gasteiger partial charge in [0.1, 0.15) is 5.75 Å². The molecule has 1 aliphatic heterocycles. The molecule has 2 heterocycles. The number of halogens is 1. The number of carbonyl (C=O) groups excluding carboxylic acids is 1. The Hall–Kier alpha value is -2.71. The summed E-state index contributed by atoms with van der Waals surface area (Å²) in [5, 5.41) is 7.45. The highest BCUT2D eigenvalue weighted by Gasteiger charge is 2.29. The number of aromatic nitrogens is 2. The third-order valence-corrected chi connectivity index (χ3v) is 7.40. The predicted octanol–water partition coefficient (Wildman–Crippen LogP) is 4.91. The van der Waals surface area contributed by atoms with Crippen LogP contribution in [0.15, 0.2) is 51.5 Å². The molecule has 8 heteroatoms. The molecule has 3 aromatic rings. The molecule has 1 amide bonds. The largest absolute Gasteiger partial charge is 0.497 e. The number of likely N-dealkylation sites (tertiary alicyclic amines) is 1. The smallest absolute Gasteiger partial charge is 0.241 e. The zero-order valence-electron chi connectivity index (χ0n) is 19.3. The van der Waals surface area contributed by atoms with Crippen molar-refractivity contribution in [2.75, 3.05) is 20.2 Å². The number of ether oxygens (including phenoxy) is 1. The maximum Gasteiger partial charge on any atom is 0.241 e. The number of aryl methyl sites for hydroxylation is 1. The van der Waals surface area contributed by atoms with Gasteiger partial charge in [0.2, 0.25) is 17.6 Å². The Labute approximate surface area is 208 Å². The summed E-state index contributed by atoms with van der Waals surface area (Å²) in [6.07, 6.45) is 4.78. The van der Waals surface area contributed by atoms with Gasteiger partial charge in [-0.2, -0.15) is 4.98 Å². The van der Waals surface area contributed by atoms with Gasteiger partial charge < -0.3 is 14.6 Å². The summed E-state index contributed by atoms with van der Waals surface area (Å²) in [5.74, 6) is 2.30. The topological polar surface area (TPSA) is 80.5 Å². The highest BCUT2D eigenvalue weighted by atomic mass is 79.9. The van der Waals surface area contributed by atoms with Gasteiger partial charge in [-0.3, -0.25) is 9.69 Å². The van der Waals surface area contributed by atoms with E-state index >= 15 is 0 Å². The number of nitrogens with one attached hydrogen (secondary N) is 1. The van der Waals surface area contributed by atoms with Crippen LogP contribution in [0.4, 0.5) is 0 Å². The van der Waals surface area contributed by atoms with E-state index in [4.69, 9.17) is 9.26 Å². The van der Waals surface area contributed by atoms with E-state index in [0.717, 1.165) is 61.0 Å². The molecule has 0 bridgehead atoms. The number of rotatable bonds is 6. The first-order valence-electron chi connectivity index (χ1n) is 11.9. The van der Waals surface area contributed by atoms with Crippen molar-refractivity contribution in [3.63, 3.8) is 0 Å². The second-order valence-electron chi connectivity index (χ2n) is 9.09. The highest BCUT2D eigenvalue weighted by Crippen LogP contribution is 2.33. The molecule has 1 aromatic heterocycles. The number of hydrogen-bond acceptors (Lipinski definition) is 6. The maximum absolute atomic E-state index is 13.0. The molecule has 2 aliphatic rings. The van der Waals surface area contributed by atoms with Gasteiger partial charge in [0.05, 0.1) is 19.7 Å². The predicted molar refractivity (Wildman–Crippen MR) is 132 cm³/mol. The van der Waals surface area contributed by atoms with Crippen molar-refractivity contribution in [2.45, 2.75) is 44.7 Å². The molecule has 1 atom stereocenters. The summed E-state index contributed by atoms with van der Waals surface area (Å²) in [5.41, 5.74) is 3.44. The van der Waals surface area contributed by atoms with E-state index in [1.807, 2.05) is 30.3 Å². The Morgan fingerprint density at radius 3 is 2.74 bits per heavy atom. The third-order valence-electron chi connectivity index (χ3n) is 6.87. The van der Waals surface area contributed by atoms with Gasteiger partial charge in [0, 0.05) is 16.0 Å². The maximum atomic E-state index is 13.0. The van der Waals surface area contributed by atoms with Gasteiger partial charge in [-0.15, -0.1) is 0 Å². The summed E-state index contributed by atoms with van der Waals surface area (Å²) in [4.78, 5) is 19.9. The molecule has 5 rings (SSSR count). The van der Waals surface area contributed by atoms with Crippen LogP contribution in [-0.4, -0.2) is 41.1 Å². The molecule has 2 aromatic carbocycles. The molecule has 0 spiro atoms. The third kappa shape index (κ3) is 5.18. The van der Waals surface area contributed by atoms with Crippen LogP contribution >= 0.6 is 15.9 Å². The summed E-state index contributed by atoms with van der Waals surface area (Å²) in [7, 11) is 1.69. The van der Waals surface area contributed by atoms with Crippen LogP contribution in [-0.2, 0) is 17.8 Å². The molecule has 1 aliphatic carbocycles. The first-order valence-corrected chi connectivity index (χ1v) is 12.7. The van der Waals surface area contributed by atoms with Crippen LogP contribution in [0.3, 0.4) is 0 Å². The monoisotopic (exact) mass is 524 g/mol. The quantitative estimate of drug-likeness (QED) is 0.493. The first-order chi connectivity index (χ1) is 16.6. The van der Waals surface area contributed by atoms with Gasteiger partial charge in [0.15, 0.2) is 0 Å². The highest BCUT2D eigenvalue weighted by molar-refractivity contribution is 9.10. The van der Waals surface area contributed by atoms with Crippen LogP contribution in [0.2, 0.25) is 0 Å². The fraction of sp³-hybridized carbons (Fsp3) is 0.423. The molecular weight excluding hydrogens is 496 g/mol. The van der Waals surface area contributed by atoms with Crippen LogP contribution in [0.5, 0.6) is 5.75 Å². The number of amides is 1. The second kappa shape index (κ2) is 10.3. The number of piperidine rings is 1. The average molecular weight is 525 g/mol. The zero-order chi connectivity index (χ0) is 23.5. The van der Waals surface area contributed by atoms with Crippen molar-refractivity contribution in [3.05, 3.63) is 64.0 Å². The molecule has 178 valence electrons. The molecular formula is C26H29BrN4O3. The summed E-state index contributed by atoms with van der Waals surface area (Å²) in [6, 6.07) is 14.1. The fourth-order valence-corrected chi connectivity index (χ4v) is 5.20. The lowest BCUT2D eigenvalue weighted by Crippen LogP contribution is -2.41. The lowest BCUT2D eigenvalue weighted by atomic mass is 9.86. The average Bonchev–Trinajstić information content (AvgIpc) is 3.33. The lowest BCUT2D eigenvalue weighted by molar-refractivity contribution is -0.127. The molecule has 34 heavy (non-hydrogen) atoms. The van der Waals surface area contributed by atoms with Gasteiger partial charge >= 0.3 is 0 Å². The van der Waals surface area contributed by atoms with E-state index in [2.05, 4.69) is 48.4 Å². The van der Waals surface area contributed by atoms with Gasteiger partial charge in [-0.05, 0) is 92.7 Å². The second-order valence-corrected chi connectivity index (χ2v) is 10.0. The van der Waals surface area contributed by atoms with Gasteiger partial charge in [-0.25, -0.2) is 0 Å². The Morgan fingerprint density at radius 2 is 1.97 bits per heavy atom. The van der Waals surface area contributed by atoms with Crippen molar-refractivity contribution in [2.24, 2.45) is 5.92 Å². The summed E-state index contributed by atoms with van der Waals surface area (Å²) >= 11 is 3.44. The molecule has 0 radical (unpaired) electrons. The number of nitrogens with zero attached hydrogens (tertiary/aromatic N) is 3. The molecule has 1 fully saturated rings. The molecule has 1 unspecified atom stereocenters. The number of benzene rings is 2. The van der Waals surface area contributed by atoms with Crippen molar-refractivity contribution in [1.82, 2.24) is 20.4 Å². The van der Waals surface area contributed by atoms with Crippen molar-refractivity contribution in [1.29, 1.82) is 0 Å². The molecule has 0 saturated carbocycles. The van der Waals surface area contributed by atoms with Crippen LogP contribution in [0, 0.1) is 5.92 Å². The minimum Gasteiger partial charge on any atom is -0.497 e. The first kappa shape index (κ1) is 23.1. The molecule has 1 N–H and O–H groups in total. The number of methoxy groups -OCH3 is 1. The van der Waals surface area contributed by atoms with E-state index in [-0.39, 0.29) is 17.9 Å². The van der Waals surface area contributed by atoms with E-state index in [9.17, 15) is 4.79 Å². The summed E-state index contributed by atoms with van der Waals surface area (Å²) < 4.78 is 11.9. The van der Waals surface area contributed by atoms with Crippen molar-refractivity contribution in [3.8, 4) is 17.1 Å². The Kier molecular flexibility index (Phi) is 6.97. The molecule has 1 saturated heterocycles. The van der Waals surface area contributed by atoms with Crippen LogP contribution in [0.25, 0.3) is 11.4 Å². The van der Waals surface area contributed by atoms with E-state index in [1.54, 1.807) is 7.11 Å². The normalized spacial score (nSPS) is 18.9. The number of fused-ring (bicyclic) bond motifs is 1. The van der Waals surface area contributed by atoms with E-state index < -0.39 is 0 Å². The molecule has 7 nitrogen and oxygen atoms in total. The van der Waals surface area contributed by atoms with E-state index in [0.29, 0.717) is 18.3 Å². The number of carbonyl (C=O) groups is 1. The minimum atomic E-state index is 0.0425. The standard InChI is InChI=1S/C26H29BrN4O3/c1-33-21-9-10-22-19(15-21)3-2-4-23(22)28-26(32)18-11-13-31(14-12-18)16-24-29-25(30-34-24)17-5-7-20(27)8-6-17/h5-10,15,18,23H,2-4,11-14,16H2,1H3,(H,28,32). The van der Waals surface area contributed by atoms with Gasteiger partial charge in [0.25, 0.3) is 0 Å². The Bertz CT molecular complexity index is 1140. The van der Waals surface area contributed by atoms with Crippen molar-refractivity contribution < 1.29 is 14.1 Å². The van der Waals surface area contributed by atoms with Crippen LogP contribution in [0.1, 0.15) is 48.7 Å². The SMILES string of the molecule is COc1ccc2c(c1)CCCC2NC(=O)C1CCN(Cc2nc(-c3ccc(Br)cc3)no2)CC1. The number of hydrogen-bond donors (Lipinski definition) is 1. The Morgan fingerprint density at radius 1 is 1.18 bits per heavy atom. The zero-order valence-corrected chi connectivity index (χ0v) is 20.9. The van der Waals surface area contributed by atoms with Crippen molar-refractivity contribution >= 4 is 21.8 Å². The van der Waals surface area contributed by atoms with Crippen LogP contribution < -0.4 is 10.1 Å². The summed E-state index contributed by atoms with van der Waals surface area (Å²) in [6.45, 7) is 2.29. The van der Waals surface area contributed by atoms with Gasteiger partial charge in [-0.1, -0.05) is 27.2 Å².